The molecule has 1 aliphatic carbocycles. The van der Waals surface area contributed by atoms with Gasteiger partial charge >= 0.3 is 0 Å². The topological polar surface area (TPSA) is 78.9 Å². The van der Waals surface area contributed by atoms with E-state index >= 15 is 0 Å². The van der Waals surface area contributed by atoms with Gasteiger partial charge in [0.1, 0.15) is 17.5 Å². The second-order valence-electron chi connectivity index (χ2n) is 9.83. The van der Waals surface area contributed by atoms with E-state index in [1.165, 1.54) is 6.42 Å². The Morgan fingerprint density at radius 1 is 0.974 bits per heavy atom. The summed E-state index contributed by atoms with van der Waals surface area (Å²) in [5, 5.41) is 12.6. The van der Waals surface area contributed by atoms with Gasteiger partial charge in [-0.2, -0.15) is 0 Å². The molecule has 6 heteroatoms. The first kappa shape index (κ1) is 28.8. The number of rotatable bonds is 10. The van der Waals surface area contributed by atoms with Crippen molar-refractivity contribution in [3.05, 3.63) is 95.6 Å². The van der Waals surface area contributed by atoms with Crippen LogP contribution in [0.5, 0.6) is 11.5 Å². The lowest BCUT2D eigenvalue weighted by molar-refractivity contribution is -0.144. The molecule has 4 rings (SSSR count). The number of aromatic hydroxyl groups is 1. The van der Waals surface area contributed by atoms with Crippen molar-refractivity contribution in [3.63, 3.8) is 0 Å². The Hall–Kier alpha value is -3.80. The Morgan fingerprint density at radius 3 is 2.13 bits per heavy atom. The van der Waals surface area contributed by atoms with E-state index in [1.54, 1.807) is 24.1 Å². The number of hydrogen-bond acceptors (Lipinski definition) is 4. The first-order chi connectivity index (χ1) is 18.4. The third-order valence-corrected chi connectivity index (χ3v) is 6.36. The van der Waals surface area contributed by atoms with Gasteiger partial charge < -0.3 is 20.1 Å². The second-order valence-corrected chi connectivity index (χ2v) is 9.83. The highest BCUT2D eigenvalue weighted by atomic mass is 16.5. The molecule has 0 saturated heterocycles. The number of carbonyl (C=O) groups excluding carboxylic acids is 2. The average molecular weight is 519 g/mol. The van der Waals surface area contributed by atoms with Gasteiger partial charge in [0.2, 0.25) is 11.8 Å². The molecular weight excluding hydrogens is 476 g/mol. The SMILES string of the molecule is CCC.COc1ccc(C(C(=O)NCc2ccccc2)N(C(=O)[C@H](C)Cc2ccc(O)cc2)C2CC2)cc1.[HH]. The van der Waals surface area contributed by atoms with Crippen LogP contribution in [0.15, 0.2) is 78.9 Å². The molecule has 2 amide bonds. The van der Waals surface area contributed by atoms with Crippen molar-refractivity contribution in [2.75, 3.05) is 7.11 Å². The van der Waals surface area contributed by atoms with Gasteiger partial charge in [0.05, 0.1) is 7.11 Å². The van der Waals surface area contributed by atoms with Crippen molar-refractivity contribution in [2.45, 2.75) is 65.1 Å². The van der Waals surface area contributed by atoms with E-state index < -0.39 is 6.04 Å². The van der Waals surface area contributed by atoms with Crippen LogP contribution in [0.25, 0.3) is 0 Å². The largest absolute Gasteiger partial charge is 0.508 e. The van der Waals surface area contributed by atoms with Crippen LogP contribution in [0, 0.1) is 5.92 Å². The fourth-order valence-electron chi connectivity index (χ4n) is 4.30. The zero-order valence-corrected chi connectivity index (χ0v) is 22.9. The van der Waals surface area contributed by atoms with Crippen molar-refractivity contribution in [2.24, 2.45) is 5.92 Å². The van der Waals surface area contributed by atoms with Crippen LogP contribution in [0.3, 0.4) is 0 Å². The molecule has 0 heterocycles. The van der Waals surface area contributed by atoms with E-state index in [4.69, 9.17) is 4.74 Å². The first-order valence-electron chi connectivity index (χ1n) is 13.4. The molecule has 204 valence electrons. The molecule has 3 aromatic rings. The second kappa shape index (κ2) is 14.2. The molecular formula is C32H42N2O4. The summed E-state index contributed by atoms with van der Waals surface area (Å²) < 4.78 is 5.30. The summed E-state index contributed by atoms with van der Waals surface area (Å²) in [6, 6.07) is 23.3. The fraction of sp³-hybridized carbons (Fsp3) is 0.375. The molecule has 2 atom stereocenters. The number of phenolic OH excluding ortho intramolecular Hbond substituents is 1. The molecule has 0 spiro atoms. The normalized spacial score (nSPS) is 13.9. The third-order valence-electron chi connectivity index (χ3n) is 6.36. The summed E-state index contributed by atoms with van der Waals surface area (Å²) in [5.41, 5.74) is 2.72. The van der Waals surface area contributed by atoms with Gasteiger partial charge in [-0.3, -0.25) is 9.59 Å². The van der Waals surface area contributed by atoms with Gasteiger partial charge in [-0.1, -0.05) is 81.8 Å². The lowest BCUT2D eigenvalue weighted by atomic mass is 9.96. The van der Waals surface area contributed by atoms with E-state index in [1.807, 2.05) is 73.7 Å². The first-order valence-corrected chi connectivity index (χ1v) is 13.4. The maximum absolute atomic E-state index is 13.8. The predicted molar refractivity (Wildman–Crippen MR) is 153 cm³/mol. The fourth-order valence-corrected chi connectivity index (χ4v) is 4.30. The van der Waals surface area contributed by atoms with Gasteiger partial charge in [-0.25, -0.2) is 0 Å². The van der Waals surface area contributed by atoms with Crippen LogP contribution >= 0.6 is 0 Å². The van der Waals surface area contributed by atoms with E-state index in [9.17, 15) is 14.7 Å². The molecule has 1 aliphatic rings. The molecule has 38 heavy (non-hydrogen) atoms. The molecule has 2 N–H and O–H groups in total. The number of ether oxygens (including phenoxy) is 1. The van der Waals surface area contributed by atoms with Crippen molar-refractivity contribution in [1.82, 2.24) is 10.2 Å². The Morgan fingerprint density at radius 2 is 1.58 bits per heavy atom. The van der Waals surface area contributed by atoms with Crippen LogP contribution in [-0.4, -0.2) is 35.0 Å². The summed E-state index contributed by atoms with van der Waals surface area (Å²) in [7, 11) is 1.60. The zero-order valence-electron chi connectivity index (χ0n) is 22.9. The molecule has 0 aliphatic heterocycles. The van der Waals surface area contributed by atoms with Gasteiger partial charge in [0.15, 0.2) is 0 Å². The number of phenols is 1. The van der Waals surface area contributed by atoms with Gasteiger partial charge in [-0.05, 0) is 60.2 Å². The Kier molecular flexibility index (Phi) is 10.8. The van der Waals surface area contributed by atoms with E-state index in [-0.39, 0.29) is 31.0 Å². The standard InChI is InChI=1S/C29H32N2O4.C3H8.H2/c1-20(18-21-8-14-25(32)15-9-21)29(34)31(24-12-13-24)27(23-10-16-26(35-2)17-11-23)28(33)30-19-22-6-4-3-5-7-22;1-3-2;/h3-11,14-17,20,24,27,32H,12-13,18-19H2,1-2H3,(H,30,33);3H2,1-2H3;1H/t20-,27?;;/m1../s1. The lowest BCUT2D eigenvalue weighted by Crippen LogP contribution is -2.47. The Labute approximate surface area is 228 Å². The molecule has 3 aromatic carbocycles. The highest BCUT2D eigenvalue weighted by Gasteiger charge is 2.42. The van der Waals surface area contributed by atoms with Crippen LogP contribution in [0.2, 0.25) is 0 Å². The van der Waals surface area contributed by atoms with Crippen LogP contribution in [0.1, 0.15) is 64.2 Å². The number of hydrogen-bond donors (Lipinski definition) is 2. The minimum atomic E-state index is -0.730. The highest BCUT2D eigenvalue weighted by molar-refractivity contribution is 5.90. The molecule has 0 radical (unpaired) electrons. The number of nitrogens with one attached hydrogen (secondary N) is 1. The van der Waals surface area contributed by atoms with E-state index in [0.29, 0.717) is 18.7 Å². The minimum absolute atomic E-state index is 0. The molecule has 1 saturated carbocycles. The average Bonchev–Trinajstić information content (AvgIpc) is 3.77. The molecule has 1 unspecified atom stereocenters. The van der Waals surface area contributed by atoms with Gasteiger partial charge in [-0.15, -0.1) is 0 Å². The Balaban J connectivity index is 0.00000127. The number of methoxy groups -OCH3 is 1. The highest BCUT2D eigenvalue weighted by Crippen LogP contribution is 2.37. The van der Waals surface area contributed by atoms with Crippen molar-refractivity contribution in [3.8, 4) is 11.5 Å². The number of carbonyl (C=O) groups is 2. The quantitative estimate of drug-likeness (QED) is 0.331. The summed E-state index contributed by atoms with van der Waals surface area (Å²) in [6.07, 6.45) is 3.55. The maximum atomic E-state index is 13.8. The van der Waals surface area contributed by atoms with E-state index in [0.717, 1.165) is 29.5 Å². The van der Waals surface area contributed by atoms with Crippen molar-refractivity contribution < 1.29 is 20.9 Å². The minimum Gasteiger partial charge on any atom is -0.508 e. The monoisotopic (exact) mass is 518 g/mol. The lowest BCUT2D eigenvalue weighted by Gasteiger charge is -2.33. The molecule has 6 nitrogen and oxygen atoms in total. The third kappa shape index (κ3) is 8.10. The molecule has 0 aromatic heterocycles. The smallest absolute Gasteiger partial charge is 0.247 e. The summed E-state index contributed by atoms with van der Waals surface area (Å²) in [6.45, 7) is 6.54. The van der Waals surface area contributed by atoms with Gasteiger partial charge in [0.25, 0.3) is 0 Å². The summed E-state index contributed by atoms with van der Waals surface area (Å²) >= 11 is 0. The zero-order chi connectivity index (χ0) is 27.5. The van der Waals surface area contributed by atoms with Crippen molar-refractivity contribution in [1.29, 1.82) is 0 Å². The Bertz CT molecular complexity index is 1150. The molecule has 1 fully saturated rings. The number of benzene rings is 3. The van der Waals surface area contributed by atoms with Crippen LogP contribution in [-0.2, 0) is 22.6 Å². The summed E-state index contributed by atoms with van der Waals surface area (Å²) in [4.78, 5) is 29.2. The van der Waals surface area contributed by atoms with Gasteiger partial charge in [0, 0.05) is 19.9 Å². The maximum Gasteiger partial charge on any atom is 0.247 e. The van der Waals surface area contributed by atoms with E-state index in [2.05, 4.69) is 19.2 Å². The number of amides is 2. The predicted octanol–water partition coefficient (Wildman–Crippen LogP) is 6.29. The van der Waals surface area contributed by atoms with Crippen molar-refractivity contribution >= 4 is 11.8 Å². The number of nitrogens with zero attached hydrogens (tertiary/aromatic N) is 1. The van der Waals surface area contributed by atoms with Crippen LogP contribution < -0.4 is 10.1 Å². The van der Waals surface area contributed by atoms with Crippen LogP contribution in [0.4, 0.5) is 0 Å². The summed E-state index contributed by atoms with van der Waals surface area (Å²) in [5.74, 6) is 0.333. The molecule has 0 bridgehead atoms.